The number of nitrogens with one attached hydrogen (secondary N) is 1. The van der Waals surface area contributed by atoms with E-state index in [-0.39, 0.29) is 11.3 Å². The lowest BCUT2D eigenvalue weighted by molar-refractivity contribution is -0.116. The third-order valence-corrected chi connectivity index (χ3v) is 4.80. The summed E-state index contributed by atoms with van der Waals surface area (Å²) in [6, 6.07) is 13.4. The van der Waals surface area contributed by atoms with Gasteiger partial charge in [-0.15, -0.1) is 0 Å². The van der Waals surface area contributed by atoms with E-state index in [1.807, 2.05) is 12.1 Å². The Morgan fingerprint density at radius 1 is 1.16 bits per heavy atom. The van der Waals surface area contributed by atoms with E-state index in [9.17, 15) is 4.79 Å². The maximum absolute atomic E-state index is 12.1. The maximum Gasteiger partial charge on any atom is 0.244 e. The Balaban J connectivity index is 1.89. The third kappa shape index (κ3) is 6.85. The van der Waals surface area contributed by atoms with Crippen molar-refractivity contribution in [1.29, 1.82) is 0 Å². The second kappa shape index (κ2) is 8.88. The predicted molar refractivity (Wildman–Crippen MR) is 110 cm³/mol. The molecule has 0 radical (unpaired) electrons. The first kappa shape index (κ1) is 20.0. The summed E-state index contributed by atoms with van der Waals surface area (Å²) >= 11 is 15.4. The van der Waals surface area contributed by atoms with Crippen molar-refractivity contribution < 1.29 is 4.79 Å². The average molecular weight is 441 g/mol. The zero-order valence-electron chi connectivity index (χ0n) is 14.2. The van der Waals surface area contributed by atoms with Crippen LogP contribution in [0.1, 0.15) is 25.0 Å². The highest BCUT2D eigenvalue weighted by molar-refractivity contribution is 9.10. The van der Waals surface area contributed by atoms with Gasteiger partial charge in [0, 0.05) is 27.1 Å². The van der Waals surface area contributed by atoms with Crippen LogP contribution < -0.4 is 5.32 Å². The molecule has 0 saturated carbocycles. The fraction of sp³-hybridized carbons (Fsp3) is 0.250. The molecule has 0 aromatic heterocycles. The monoisotopic (exact) mass is 439 g/mol. The molecule has 0 aliphatic heterocycles. The lowest BCUT2D eigenvalue weighted by Crippen LogP contribution is -2.34. The number of hydrogen-bond acceptors (Lipinski definition) is 1. The van der Waals surface area contributed by atoms with Gasteiger partial charge in [-0.3, -0.25) is 4.79 Å². The number of carbonyl (C=O) groups excluding carboxylic acids is 1. The molecule has 0 heterocycles. The highest BCUT2D eigenvalue weighted by atomic mass is 79.9. The molecule has 2 aromatic rings. The SMILES string of the molecule is CC(C)(CNC(=O)/C=C/c1ccc(Cl)cc1Cl)Cc1ccc(Br)cc1. The number of halogens is 3. The smallest absolute Gasteiger partial charge is 0.244 e. The molecule has 0 atom stereocenters. The molecule has 1 amide bonds. The van der Waals surface area contributed by atoms with E-state index in [0.717, 1.165) is 16.5 Å². The first-order chi connectivity index (χ1) is 11.7. The lowest BCUT2D eigenvalue weighted by atomic mass is 9.85. The van der Waals surface area contributed by atoms with E-state index in [4.69, 9.17) is 23.2 Å². The van der Waals surface area contributed by atoms with Crippen LogP contribution in [-0.4, -0.2) is 12.5 Å². The molecular weight excluding hydrogens is 421 g/mol. The summed E-state index contributed by atoms with van der Waals surface area (Å²) in [4.78, 5) is 12.1. The van der Waals surface area contributed by atoms with Crippen molar-refractivity contribution in [3.05, 3.63) is 74.2 Å². The van der Waals surface area contributed by atoms with Crippen LogP contribution in [0, 0.1) is 5.41 Å². The van der Waals surface area contributed by atoms with Gasteiger partial charge in [-0.1, -0.05) is 71.2 Å². The van der Waals surface area contributed by atoms with Crippen LogP contribution in [-0.2, 0) is 11.2 Å². The van der Waals surface area contributed by atoms with Crippen LogP contribution in [0.15, 0.2) is 53.0 Å². The molecule has 5 heteroatoms. The van der Waals surface area contributed by atoms with Crippen molar-refractivity contribution in [1.82, 2.24) is 5.32 Å². The molecule has 132 valence electrons. The molecular formula is C20H20BrCl2NO. The second-order valence-corrected chi connectivity index (χ2v) is 8.44. The molecule has 2 aromatic carbocycles. The topological polar surface area (TPSA) is 29.1 Å². The van der Waals surface area contributed by atoms with E-state index in [1.54, 1.807) is 24.3 Å². The first-order valence-corrected chi connectivity index (χ1v) is 9.45. The van der Waals surface area contributed by atoms with Gasteiger partial charge in [0.25, 0.3) is 0 Å². The first-order valence-electron chi connectivity index (χ1n) is 7.91. The van der Waals surface area contributed by atoms with Gasteiger partial charge < -0.3 is 5.32 Å². The molecule has 0 aliphatic rings. The van der Waals surface area contributed by atoms with Gasteiger partial charge in [0.2, 0.25) is 5.91 Å². The van der Waals surface area contributed by atoms with Crippen molar-refractivity contribution in [2.75, 3.05) is 6.54 Å². The Hall–Kier alpha value is -1.29. The summed E-state index contributed by atoms with van der Waals surface area (Å²) in [5.74, 6) is -0.144. The van der Waals surface area contributed by atoms with Gasteiger partial charge in [-0.05, 0) is 53.3 Å². The summed E-state index contributed by atoms with van der Waals surface area (Å²) in [6.45, 7) is 4.85. The zero-order chi connectivity index (χ0) is 18.4. The average Bonchev–Trinajstić information content (AvgIpc) is 2.54. The van der Waals surface area contributed by atoms with Crippen LogP contribution in [0.2, 0.25) is 10.0 Å². The van der Waals surface area contributed by atoms with Crippen LogP contribution in [0.4, 0.5) is 0 Å². The standard InChI is InChI=1S/C20H20BrCl2NO/c1-20(2,12-14-3-7-16(21)8-4-14)13-24-19(25)10-6-15-5-9-17(22)11-18(15)23/h3-11H,12-13H2,1-2H3,(H,24,25)/b10-6+. The van der Waals surface area contributed by atoms with Gasteiger partial charge in [-0.25, -0.2) is 0 Å². The predicted octanol–water partition coefficient (Wildman–Crippen LogP) is 6.15. The quantitative estimate of drug-likeness (QED) is 0.535. The summed E-state index contributed by atoms with van der Waals surface area (Å²) in [7, 11) is 0. The van der Waals surface area contributed by atoms with E-state index >= 15 is 0 Å². The molecule has 0 unspecified atom stereocenters. The number of hydrogen-bond donors (Lipinski definition) is 1. The molecule has 0 aliphatic carbocycles. The lowest BCUT2D eigenvalue weighted by Gasteiger charge is -2.25. The number of rotatable bonds is 6. The Labute approximate surface area is 167 Å². The Kier molecular flexibility index (Phi) is 7.12. The summed E-state index contributed by atoms with van der Waals surface area (Å²) in [5.41, 5.74) is 1.95. The highest BCUT2D eigenvalue weighted by Crippen LogP contribution is 2.23. The van der Waals surface area contributed by atoms with Crippen LogP contribution in [0.3, 0.4) is 0 Å². The number of amides is 1. The zero-order valence-corrected chi connectivity index (χ0v) is 17.3. The second-order valence-electron chi connectivity index (χ2n) is 6.68. The fourth-order valence-electron chi connectivity index (χ4n) is 2.40. The summed E-state index contributed by atoms with van der Waals surface area (Å²) in [5, 5.41) is 4.04. The Morgan fingerprint density at radius 3 is 2.48 bits per heavy atom. The van der Waals surface area contributed by atoms with Gasteiger partial charge in [0.1, 0.15) is 0 Å². The van der Waals surface area contributed by atoms with E-state index in [2.05, 4.69) is 47.2 Å². The molecule has 0 fully saturated rings. The van der Waals surface area contributed by atoms with Crippen molar-refractivity contribution in [2.45, 2.75) is 20.3 Å². The van der Waals surface area contributed by atoms with Gasteiger partial charge in [0.15, 0.2) is 0 Å². The molecule has 0 saturated heterocycles. The fourth-order valence-corrected chi connectivity index (χ4v) is 3.14. The minimum atomic E-state index is -0.144. The molecule has 0 bridgehead atoms. The Morgan fingerprint density at radius 2 is 1.84 bits per heavy atom. The normalized spacial score (nSPS) is 11.7. The molecule has 2 rings (SSSR count). The van der Waals surface area contributed by atoms with Crippen LogP contribution in [0.25, 0.3) is 6.08 Å². The van der Waals surface area contributed by atoms with Gasteiger partial charge >= 0.3 is 0 Å². The molecule has 1 N–H and O–H groups in total. The molecule has 0 spiro atoms. The Bertz CT molecular complexity index is 770. The van der Waals surface area contributed by atoms with Crippen LogP contribution in [0.5, 0.6) is 0 Å². The van der Waals surface area contributed by atoms with Crippen molar-refractivity contribution in [3.63, 3.8) is 0 Å². The largest absolute Gasteiger partial charge is 0.352 e. The number of benzene rings is 2. The van der Waals surface area contributed by atoms with Crippen molar-refractivity contribution >= 4 is 51.1 Å². The van der Waals surface area contributed by atoms with Crippen molar-refractivity contribution in [3.8, 4) is 0 Å². The minimum Gasteiger partial charge on any atom is -0.352 e. The number of carbonyl (C=O) groups is 1. The van der Waals surface area contributed by atoms with Crippen molar-refractivity contribution in [2.24, 2.45) is 5.41 Å². The van der Waals surface area contributed by atoms with E-state index in [1.165, 1.54) is 11.6 Å². The highest BCUT2D eigenvalue weighted by Gasteiger charge is 2.19. The molecule has 25 heavy (non-hydrogen) atoms. The van der Waals surface area contributed by atoms with E-state index in [0.29, 0.717) is 16.6 Å². The minimum absolute atomic E-state index is 0.0464. The van der Waals surface area contributed by atoms with Gasteiger partial charge in [-0.2, -0.15) is 0 Å². The summed E-state index contributed by atoms with van der Waals surface area (Å²) < 4.78 is 1.06. The van der Waals surface area contributed by atoms with E-state index < -0.39 is 0 Å². The summed E-state index contributed by atoms with van der Waals surface area (Å²) in [6.07, 6.45) is 4.06. The third-order valence-electron chi connectivity index (χ3n) is 3.71. The van der Waals surface area contributed by atoms with Gasteiger partial charge in [0.05, 0.1) is 0 Å². The molecule has 2 nitrogen and oxygen atoms in total. The maximum atomic E-state index is 12.1. The van der Waals surface area contributed by atoms with Crippen LogP contribution >= 0.6 is 39.1 Å².